The molecule has 0 saturated carbocycles. The summed E-state index contributed by atoms with van der Waals surface area (Å²) < 4.78 is 7.55. The third kappa shape index (κ3) is 2.24. The molecule has 4 rings (SSSR count). The number of benzene rings is 1. The summed E-state index contributed by atoms with van der Waals surface area (Å²) in [5.41, 5.74) is 4.94. The fraction of sp³-hybridized carbons (Fsp3) is 0.111. The van der Waals surface area contributed by atoms with Crippen LogP contribution in [0.25, 0.3) is 27.7 Å². The van der Waals surface area contributed by atoms with Gasteiger partial charge >= 0.3 is 0 Å². The van der Waals surface area contributed by atoms with Crippen LogP contribution in [0.2, 0.25) is 0 Å². The van der Waals surface area contributed by atoms with E-state index in [4.69, 9.17) is 9.40 Å². The Balaban J connectivity index is 1.97. The molecule has 0 bridgehead atoms. The predicted octanol–water partition coefficient (Wildman–Crippen LogP) is 4.70. The molecule has 0 amide bonds. The highest BCUT2D eigenvalue weighted by Gasteiger charge is 2.19. The molecule has 4 aromatic rings. The van der Waals surface area contributed by atoms with Gasteiger partial charge in [-0.15, -0.1) is 11.3 Å². The third-order valence-corrected chi connectivity index (χ3v) is 4.63. The Morgan fingerprint density at radius 1 is 1.26 bits per heavy atom. The van der Waals surface area contributed by atoms with Gasteiger partial charge in [-0.25, -0.2) is 4.98 Å². The van der Waals surface area contributed by atoms with Crippen LogP contribution in [0.3, 0.4) is 0 Å². The lowest BCUT2D eigenvalue weighted by atomic mass is 10.1. The second-order valence-corrected chi connectivity index (χ2v) is 6.16. The molecule has 112 valence electrons. The molecule has 3 aromatic heterocycles. The molecule has 0 N–H and O–H groups in total. The van der Waals surface area contributed by atoms with Crippen molar-refractivity contribution in [3.8, 4) is 28.8 Å². The van der Waals surface area contributed by atoms with Crippen molar-refractivity contribution in [2.75, 3.05) is 0 Å². The molecule has 0 radical (unpaired) electrons. The third-order valence-electron chi connectivity index (χ3n) is 3.80. The van der Waals surface area contributed by atoms with Crippen molar-refractivity contribution < 1.29 is 4.42 Å². The standard InChI is InChI=1S/C18H13N3OS/c1-12-4-6-13(7-5-12)17-14(8-9-19)21-15(11-23-18(21)20-17)16-3-2-10-22-16/h2-7,10-11H,8H2,1H3. The highest BCUT2D eigenvalue weighted by molar-refractivity contribution is 7.15. The van der Waals surface area contributed by atoms with E-state index < -0.39 is 0 Å². The zero-order chi connectivity index (χ0) is 15.8. The number of nitriles is 1. The van der Waals surface area contributed by atoms with Gasteiger partial charge in [-0.1, -0.05) is 29.8 Å². The molecule has 0 aliphatic heterocycles. The predicted molar refractivity (Wildman–Crippen MR) is 90.3 cm³/mol. The number of furan rings is 1. The summed E-state index contributed by atoms with van der Waals surface area (Å²) in [6.07, 6.45) is 1.95. The Kier molecular flexibility index (Phi) is 3.25. The van der Waals surface area contributed by atoms with Crippen LogP contribution in [0.1, 0.15) is 11.3 Å². The van der Waals surface area contributed by atoms with Crippen LogP contribution in [0.5, 0.6) is 0 Å². The lowest BCUT2D eigenvalue weighted by molar-refractivity contribution is 0.579. The topological polar surface area (TPSA) is 54.2 Å². The molecule has 5 heteroatoms. The number of hydrogen-bond donors (Lipinski definition) is 0. The highest BCUT2D eigenvalue weighted by Crippen LogP contribution is 2.33. The van der Waals surface area contributed by atoms with Gasteiger partial charge in [-0.2, -0.15) is 5.26 Å². The Morgan fingerprint density at radius 3 is 2.78 bits per heavy atom. The van der Waals surface area contributed by atoms with Crippen molar-refractivity contribution in [3.63, 3.8) is 0 Å². The minimum atomic E-state index is 0.300. The minimum Gasteiger partial charge on any atom is -0.463 e. The van der Waals surface area contributed by atoms with Crippen LogP contribution >= 0.6 is 11.3 Å². The molecule has 0 saturated heterocycles. The molecule has 0 atom stereocenters. The number of imidazole rings is 1. The summed E-state index contributed by atoms with van der Waals surface area (Å²) in [7, 11) is 0. The van der Waals surface area contributed by atoms with Gasteiger partial charge in [0, 0.05) is 10.9 Å². The zero-order valence-corrected chi connectivity index (χ0v) is 13.3. The molecule has 0 aliphatic carbocycles. The van der Waals surface area contributed by atoms with Gasteiger partial charge < -0.3 is 4.42 Å². The molecule has 0 fully saturated rings. The maximum atomic E-state index is 9.26. The normalized spacial score (nSPS) is 11.0. The maximum Gasteiger partial charge on any atom is 0.195 e. The quantitative estimate of drug-likeness (QED) is 0.550. The summed E-state index contributed by atoms with van der Waals surface area (Å²) in [4.78, 5) is 5.62. The van der Waals surface area contributed by atoms with Crippen molar-refractivity contribution in [2.45, 2.75) is 13.3 Å². The number of thiazole rings is 1. The number of hydrogen-bond acceptors (Lipinski definition) is 4. The van der Waals surface area contributed by atoms with Crippen LogP contribution in [0.15, 0.2) is 52.5 Å². The van der Waals surface area contributed by atoms with E-state index in [9.17, 15) is 5.26 Å². The maximum absolute atomic E-state index is 9.26. The van der Waals surface area contributed by atoms with Gasteiger partial charge in [-0.05, 0) is 19.1 Å². The van der Waals surface area contributed by atoms with Gasteiger partial charge in [0.05, 0.1) is 30.1 Å². The zero-order valence-electron chi connectivity index (χ0n) is 12.5. The van der Waals surface area contributed by atoms with E-state index in [1.165, 1.54) is 5.56 Å². The van der Waals surface area contributed by atoms with Crippen LogP contribution in [-0.2, 0) is 6.42 Å². The SMILES string of the molecule is Cc1ccc(-c2nc3scc(-c4ccco4)n3c2CC#N)cc1. The number of nitrogens with zero attached hydrogens (tertiary/aromatic N) is 3. The molecule has 0 aliphatic rings. The van der Waals surface area contributed by atoms with E-state index >= 15 is 0 Å². The Bertz CT molecular complexity index is 1000. The summed E-state index contributed by atoms with van der Waals surface area (Å²) in [6.45, 7) is 2.06. The summed E-state index contributed by atoms with van der Waals surface area (Å²) >= 11 is 1.55. The number of aryl methyl sites for hydroxylation is 1. The molecule has 23 heavy (non-hydrogen) atoms. The van der Waals surface area contributed by atoms with Crippen LogP contribution in [0, 0.1) is 18.3 Å². The van der Waals surface area contributed by atoms with E-state index in [0.29, 0.717) is 6.42 Å². The van der Waals surface area contributed by atoms with Crippen LogP contribution < -0.4 is 0 Å². The van der Waals surface area contributed by atoms with Crippen molar-refractivity contribution in [1.82, 2.24) is 9.38 Å². The molecule has 4 nitrogen and oxygen atoms in total. The molecule has 1 aromatic carbocycles. The van der Waals surface area contributed by atoms with Gasteiger partial charge in [0.15, 0.2) is 10.7 Å². The van der Waals surface area contributed by atoms with Gasteiger partial charge in [0.25, 0.3) is 0 Å². The Labute approximate surface area is 137 Å². The summed E-state index contributed by atoms with van der Waals surface area (Å²) in [5.74, 6) is 0.781. The van der Waals surface area contributed by atoms with E-state index in [-0.39, 0.29) is 0 Å². The Hall–Kier alpha value is -2.84. The van der Waals surface area contributed by atoms with Crippen molar-refractivity contribution in [1.29, 1.82) is 5.26 Å². The highest BCUT2D eigenvalue weighted by atomic mass is 32.1. The van der Waals surface area contributed by atoms with Crippen LogP contribution in [0.4, 0.5) is 0 Å². The van der Waals surface area contributed by atoms with Crippen molar-refractivity contribution >= 4 is 16.3 Å². The first kappa shape index (κ1) is 13.8. The second kappa shape index (κ2) is 5.41. The van der Waals surface area contributed by atoms with E-state index in [1.807, 2.05) is 21.9 Å². The largest absolute Gasteiger partial charge is 0.463 e. The average molecular weight is 319 g/mol. The van der Waals surface area contributed by atoms with Gasteiger partial charge in [-0.3, -0.25) is 4.40 Å². The smallest absolute Gasteiger partial charge is 0.195 e. The van der Waals surface area contributed by atoms with E-state index in [2.05, 4.69) is 37.3 Å². The minimum absolute atomic E-state index is 0.300. The summed E-state index contributed by atoms with van der Waals surface area (Å²) in [5, 5.41) is 11.3. The molecule has 0 spiro atoms. The first-order valence-corrected chi connectivity index (χ1v) is 8.12. The van der Waals surface area contributed by atoms with Gasteiger partial charge in [0.1, 0.15) is 5.69 Å². The molecular weight excluding hydrogens is 306 g/mol. The lowest BCUT2D eigenvalue weighted by Gasteiger charge is -2.03. The van der Waals surface area contributed by atoms with Crippen molar-refractivity contribution in [2.24, 2.45) is 0 Å². The van der Waals surface area contributed by atoms with Crippen molar-refractivity contribution in [3.05, 3.63) is 59.3 Å². The first-order chi connectivity index (χ1) is 11.3. The van der Waals surface area contributed by atoms with E-state index in [1.54, 1.807) is 17.6 Å². The molecule has 0 unspecified atom stereocenters. The van der Waals surface area contributed by atoms with Gasteiger partial charge in [0.2, 0.25) is 0 Å². The fourth-order valence-corrected chi connectivity index (χ4v) is 3.59. The number of fused-ring (bicyclic) bond motifs is 1. The summed E-state index contributed by atoms with van der Waals surface area (Å²) in [6, 6.07) is 14.3. The first-order valence-electron chi connectivity index (χ1n) is 7.24. The number of rotatable bonds is 3. The molecular formula is C18H13N3OS. The molecule has 3 heterocycles. The number of aromatic nitrogens is 2. The monoisotopic (exact) mass is 319 g/mol. The van der Waals surface area contributed by atoms with E-state index in [0.717, 1.165) is 33.4 Å². The second-order valence-electron chi connectivity index (χ2n) is 5.32. The average Bonchev–Trinajstić information content (AvgIpc) is 3.26. The fourth-order valence-electron chi connectivity index (χ4n) is 2.69. The lowest BCUT2D eigenvalue weighted by Crippen LogP contribution is -1.94. The Morgan fingerprint density at radius 2 is 2.09 bits per heavy atom. The van der Waals surface area contributed by atoms with Crippen LogP contribution in [-0.4, -0.2) is 9.38 Å².